The molecule has 0 radical (unpaired) electrons. The minimum absolute atomic E-state index is 0.898. The molecule has 0 saturated heterocycles. The maximum Gasteiger partial charge on any atom is 0.328 e. The van der Waals surface area contributed by atoms with Crippen molar-refractivity contribution in [2.75, 3.05) is 0 Å². The maximum atomic E-state index is 10.1. The van der Waals surface area contributed by atoms with Crippen LogP contribution in [-0.2, 0) is 14.4 Å². The SMILES string of the molecule is O=C(O)C=Cc1ccccc1.[O-][S+](Cl)Cl. The highest BCUT2D eigenvalue weighted by Crippen LogP contribution is 2.00. The van der Waals surface area contributed by atoms with Crippen LogP contribution in [-0.4, -0.2) is 15.6 Å². The van der Waals surface area contributed by atoms with E-state index < -0.39 is 15.6 Å². The van der Waals surface area contributed by atoms with Crippen LogP contribution >= 0.6 is 21.4 Å². The van der Waals surface area contributed by atoms with Gasteiger partial charge in [0.05, 0.1) is 0 Å². The smallest absolute Gasteiger partial charge is 0.328 e. The first-order valence-electron chi connectivity index (χ1n) is 3.72. The van der Waals surface area contributed by atoms with Gasteiger partial charge in [0.2, 0.25) is 0 Å². The standard InChI is InChI=1S/C9H8O2.Cl2OS/c10-9(11)7-6-8-4-2-1-3-5-8;1-4(2)3/h1-7H,(H,10,11);. The van der Waals surface area contributed by atoms with Crippen LogP contribution in [0.15, 0.2) is 36.4 Å². The lowest BCUT2D eigenvalue weighted by Crippen LogP contribution is -1.85. The second-order valence-electron chi connectivity index (χ2n) is 2.27. The van der Waals surface area contributed by atoms with Crippen molar-refractivity contribution in [1.29, 1.82) is 0 Å². The van der Waals surface area contributed by atoms with Gasteiger partial charge in [-0.1, -0.05) is 30.3 Å². The predicted molar refractivity (Wildman–Crippen MR) is 63.0 cm³/mol. The normalized spacial score (nSPS) is 9.87. The molecule has 0 fully saturated rings. The summed E-state index contributed by atoms with van der Waals surface area (Å²) >= 11 is 0. The van der Waals surface area contributed by atoms with E-state index in [1.807, 2.05) is 30.3 Å². The van der Waals surface area contributed by atoms with Gasteiger partial charge in [0.25, 0.3) is 0 Å². The Labute approximate surface area is 99.5 Å². The topological polar surface area (TPSA) is 60.4 Å². The molecule has 0 spiro atoms. The van der Waals surface area contributed by atoms with E-state index in [0.717, 1.165) is 11.6 Å². The Hall–Kier alpha value is -0.680. The van der Waals surface area contributed by atoms with Crippen LogP contribution in [0.2, 0.25) is 0 Å². The highest BCUT2D eigenvalue weighted by atomic mass is 36.0. The molecule has 0 atom stereocenters. The van der Waals surface area contributed by atoms with Crippen LogP contribution in [0, 0.1) is 0 Å². The molecule has 6 heteroatoms. The summed E-state index contributed by atoms with van der Waals surface area (Å²) < 4.78 is 9.09. The van der Waals surface area contributed by atoms with Crippen molar-refractivity contribution in [3.63, 3.8) is 0 Å². The van der Waals surface area contributed by atoms with Gasteiger partial charge in [-0.2, -0.15) is 0 Å². The molecule has 3 nitrogen and oxygen atoms in total. The number of rotatable bonds is 2. The fourth-order valence-electron chi connectivity index (χ4n) is 0.732. The molecule has 1 N–H and O–H groups in total. The van der Waals surface area contributed by atoms with Crippen LogP contribution in [0.1, 0.15) is 5.56 Å². The van der Waals surface area contributed by atoms with Gasteiger partial charge in [-0.05, 0) is 11.6 Å². The Morgan fingerprint density at radius 3 is 2.20 bits per heavy atom. The van der Waals surface area contributed by atoms with Crippen LogP contribution in [0.4, 0.5) is 0 Å². The zero-order valence-corrected chi connectivity index (χ0v) is 9.80. The van der Waals surface area contributed by atoms with E-state index in [1.165, 1.54) is 0 Å². The Balaban J connectivity index is 0.000000423. The van der Waals surface area contributed by atoms with Crippen molar-refractivity contribution in [2.45, 2.75) is 0 Å². The van der Waals surface area contributed by atoms with E-state index in [0.29, 0.717) is 0 Å². The van der Waals surface area contributed by atoms with Gasteiger partial charge >= 0.3 is 5.97 Å². The second kappa shape index (κ2) is 8.61. The molecule has 1 rings (SSSR count). The molecule has 0 aliphatic heterocycles. The van der Waals surface area contributed by atoms with Crippen LogP contribution in [0.25, 0.3) is 6.08 Å². The zero-order valence-electron chi connectivity index (χ0n) is 7.47. The van der Waals surface area contributed by atoms with Gasteiger partial charge in [0.15, 0.2) is 31.0 Å². The molecular formula is C9H8Cl2O3S. The van der Waals surface area contributed by atoms with E-state index in [1.54, 1.807) is 6.08 Å². The van der Waals surface area contributed by atoms with Crippen LogP contribution in [0.3, 0.4) is 0 Å². The number of benzene rings is 1. The fraction of sp³-hybridized carbons (Fsp3) is 0. The molecule has 0 aliphatic rings. The van der Waals surface area contributed by atoms with E-state index in [9.17, 15) is 4.79 Å². The highest BCUT2D eigenvalue weighted by molar-refractivity contribution is 8.31. The lowest BCUT2D eigenvalue weighted by atomic mass is 10.2. The first-order chi connectivity index (χ1) is 7.02. The molecule has 1 aromatic rings. The number of hydrogen-bond acceptors (Lipinski definition) is 2. The van der Waals surface area contributed by atoms with Gasteiger partial charge in [-0.3, -0.25) is 0 Å². The van der Waals surface area contributed by atoms with Gasteiger partial charge in [-0.15, -0.1) is 0 Å². The predicted octanol–water partition coefficient (Wildman–Crippen LogP) is 2.83. The molecule has 0 aromatic heterocycles. The van der Waals surface area contributed by atoms with Gasteiger partial charge in [0.1, 0.15) is 0 Å². The second-order valence-corrected chi connectivity index (χ2v) is 4.79. The van der Waals surface area contributed by atoms with Crippen LogP contribution < -0.4 is 0 Å². The van der Waals surface area contributed by atoms with E-state index in [-0.39, 0.29) is 0 Å². The van der Waals surface area contributed by atoms with Crippen molar-refractivity contribution in [1.82, 2.24) is 0 Å². The van der Waals surface area contributed by atoms with Gasteiger partial charge < -0.3 is 9.66 Å². The Morgan fingerprint density at radius 1 is 1.33 bits per heavy atom. The third kappa shape index (κ3) is 11.2. The number of carboxylic acid groups (broad SMARTS) is 1. The third-order valence-corrected chi connectivity index (χ3v) is 1.22. The first-order valence-corrected chi connectivity index (χ1v) is 6.53. The quantitative estimate of drug-likeness (QED) is 0.662. The summed E-state index contributed by atoms with van der Waals surface area (Å²) in [6, 6.07) is 9.31. The summed E-state index contributed by atoms with van der Waals surface area (Å²) in [5.41, 5.74) is 0.898. The Kier molecular flexibility index (Phi) is 8.22. The number of hydrogen-bond donors (Lipinski definition) is 1. The molecule has 82 valence electrons. The third-order valence-electron chi connectivity index (χ3n) is 1.22. The van der Waals surface area contributed by atoms with E-state index in [2.05, 4.69) is 21.4 Å². The summed E-state index contributed by atoms with van der Waals surface area (Å²) in [4.78, 5) is 10.1. The Bertz CT molecular complexity index is 312. The van der Waals surface area contributed by atoms with Crippen molar-refractivity contribution in [3.05, 3.63) is 42.0 Å². The van der Waals surface area contributed by atoms with Crippen molar-refractivity contribution >= 4 is 43.0 Å². The first kappa shape index (κ1) is 14.3. The molecular weight excluding hydrogens is 259 g/mol. The molecule has 0 unspecified atom stereocenters. The number of carbonyl (C=O) groups is 1. The number of carboxylic acids is 1. The van der Waals surface area contributed by atoms with Crippen molar-refractivity contribution < 1.29 is 14.5 Å². The van der Waals surface area contributed by atoms with Crippen molar-refractivity contribution in [3.8, 4) is 0 Å². The molecule has 0 saturated carbocycles. The summed E-state index contributed by atoms with van der Waals surface area (Å²) in [6.07, 6.45) is 2.68. The summed E-state index contributed by atoms with van der Waals surface area (Å²) in [5.74, 6) is -0.922. The average Bonchev–Trinajstić information content (AvgIpc) is 2.15. The average molecular weight is 267 g/mol. The zero-order chi connectivity index (χ0) is 11.7. The van der Waals surface area contributed by atoms with E-state index >= 15 is 0 Å². The molecule has 15 heavy (non-hydrogen) atoms. The monoisotopic (exact) mass is 266 g/mol. The molecule has 0 aliphatic carbocycles. The minimum Gasteiger partial charge on any atom is -0.582 e. The highest BCUT2D eigenvalue weighted by Gasteiger charge is 1.86. The largest absolute Gasteiger partial charge is 0.582 e. The molecule has 0 bridgehead atoms. The fourth-order valence-corrected chi connectivity index (χ4v) is 0.732. The lowest BCUT2D eigenvalue weighted by molar-refractivity contribution is -0.131. The Morgan fingerprint density at radius 2 is 1.80 bits per heavy atom. The van der Waals surface area contributed by atoms with E-state index in [4.69, 9.17) is 9.66 Å². The number of halogens is 2. The lowest BCUT2D eigenvalue weighted by Gasteiger charge is -1.87. The molecule has 1 aromatic carbocycles. The number of aliphatic carboxylic acids is 1. The molecule has 0 heterocycles. The van der Waals surface area contributed by atoms with Gasteiger partial charge in [-0.25, -0.2) is 4.79 Å². The van der Waals surface area contributed by atoms with Crippen molar-refractivity contribution in [2.24, 2.45) is 0 Å². The maximum absolute atomic E-state index is 10.1. The molecule has 0 amide bonds. The summed E-state index contributed by atoms with van der Waals surface area (Å²) in [7, 11) is 7.36. The van der Waals surface area contributed by atoms with Crippen LogP contribution in [0.5, 0.6) is 0 Å². The summed E-state index contributed by atoms with van der Waals surface area (Å²) in [6.45, 7) is 0. The summed E-state index contributed by atoms with van der Waals surface area (Å²) in [5, 5.41) is 8.29. The van der Waals surface area contributed by atoms with Gasteiger partial charge in [0, 0.05) is 6.08 Å². The minimum atomic E-state index is -1.67.